The van der Waals surface area contributed by atoms with Crippen molar-refractivity contribution in [2.75, 3.05) is 18.4 Å². The smallest absolute Gasteiger partial charge is 0.203 e. The maximum Gasteiger partial charge on any atom is 0.203 e. The van der Waals surface area contributed by atoms with E-state index >= 15 is 0 Å². The van der Waals surface area contributed by atoms with Crippen LogP contribution in [0.1, 0.15) is 5.69 Å². The lowest BCUT2D eigenvalue weighted by atomic mass is 10.1. The summed E-state index contributed by atoms with van der Waals surface area (Å²) in [7, 11) is 0. The number of hydrogen-bond donors (Lipinski definition) is 2. The average molecular weight is 166 g/mol. The van der Waals surface area contributed by atoms with E-state index in [1.165, 1.54) is 5.69 Å². The van der Waals surface area contributed by atoms with Crippen molar-refractivity contribution in [2.24, 2.45) is 11.7 Å². The van der Waals surface area contributed by atoms with Gasteiger partial charge in [-0.1, -0.05) is 0 Å². The van der Waals surface area contributed by atoms with Gasteiger partial charge in [0.25, 0.3) is 0 Å². The molecular weight excluding hydrogens is 152 g/mol. The lowest BCUT2D eigenvalue weighted by Gasteiger charge is -2.24. The largest absolute Gasteiger partial charge is 0.355 e. The minimum absolute atomic E-state index is 0.547. The van der Waals surface area contributed by atoms with E-state index in [1.807, 2.05) is 6.20 Å². The van der Waals surface area contributed by atoms with Crippen molar-refractivity contribution in [3.8, 4) is 0 Å². The molecule has 0 radical (unpaired) electrons. The zero-order valence-electron chi connectivity index (χ0n) is 7.25. The molecule has 1 atom stereocenters. The van der Waals surface area contributed by atoms with Crippen molar-refractivity contribution in [2.45, 2.75) is 13.5 Å². The van der Waals surface area contributed by atoms with E-state index in [4.69, 9.17) is 5.73 Å². The van der Waals surface area contributed by atoms with Gasteiger partial charge in [0.05, 0.1) is 6.20 Å². The Kier molecular flexibility index (Phi) is 1.77. The number of imidazole rings is 1. The van der Waals surface area contributed by atoms with E-state index in [1.54, 1.807) is 0 Å². The molecule has 0 fully saturated rings. The second-order valence-electron chi connectivity index (χ2n) is 3.32. The molecule has 1 aromatic rings. The van der Waals surface area contributed by atoms with Gasteiger partial charge >= 0.3 is 0 Å². The van der Waals surface area contributed by atoms with Gasteiger partial charge in [0.1, 0.15) is 0 Å². The summed E-state index contributed by atoms with van der Waals surface area (Å²) < 4.78 is 2.18. The van der Waals surface area contributed by atoms with Crippen molar-refractivity contribution in [1.29, 1.82) is 0 Å². The third kappa shape index (κ3) is 1.08. The zero-order chi connectivity index (χ0) is 8.55. The van der Waals surface area contributed by atoms with Crippen molar-refractivity contribution in [1.82, 2.24) is 9.55 Å². The Balaban J connectivity index is 2.26. The molecule has 4 nitrogen and oxygen atoms in total. The molecule has 3 N–H and O–H groups in total. The summed E-state index contributed by atoms with van der Waals surface area (Å²) in [4.78, 5) is 4.24. The van der Waals surface area contributed by atoms with Crippen LogP contribution in [0.25, 0.3) is 0 Å². The highest BCUT2D eigenvalue weighted by Crippen LogP contribution is 2.17. The molecule has 0 aliphatic carbocycles. The molecule has 2 rings (SSSR count). The van der Waals surface area contributed by atoms with Crippen LogP contribution in [0.4, 0.5) is 5.95 Å². The van der Waals surface area contributed by atoms with Gasteiger partial charge in [0, 0.05) is 24.7 Å². The Hall–Kier alpha value is -1.03. The van der Waals surface area contributed by atoms with Gasteiger partial charge in [-0.3, -0.25) is 0 Å². The Morgan fingerprint density at radius 2 is 2.67 bits per heavy atom. The lowest BCUT2D eigenvalue weighted by Crippen LogP contribution is -2.32. The van der Waals surface area contributed by atoms with E-state index in [2.05, 4.69) is 21.8 Å². The molecule has 2 heterocycles. The van der Waals surface area contributed by atoms with E-state index in [-0.39, 0.29) is 0 Å². The second-order valence-corrected chi connectivity index (χ2v) is 3.32. The zero-order valence-corrected chi connectivity index (χ0v) is 7.25. The van der Waals surface area contributed by atoms with Crippen molar-refractivity contribution in [3.63, 3.8) is 0 Å². The van der Waals surface area contributed by atoms with E-state index in [9.17, 15) is 0 Å². The fourth-order valence-corrected chi connectivity index (χ4v) is 1.55. The molecule has 0 amide bonds. The summed E-state index contributed by atoms with van der Waals surface area (Å²) in [5.74, 6) is 1.53. The number of aromatic nitrogens is 2. The first-order chi connectivity index (χ1) is 5.81. The van der Waals surface area contributed by atoms with Gasteiger partial charge in [0.15, 0.2) is 0 Å². The second kappa shape index (κ2) is 2.79. The predicted molar refractivity (Wildman–Crippen MR) is 48.0 cm³/mol. The summed E-state index contributed by atoms with van der Waals surface area (Å²) in [6.45, 7) is 4.76. The maximum absolute atomic E-state index is 5.61. The van der Waals surface area contributed by atoms with Gasteiger partial charge in [-0.15, -0.1) is 0 Å². The van der Waals surface area contributed by atoms with Gasteiger partial charge in [0.2, 0.25) is 5.95 Å². The molecule has 66 valence electrons. The topological polar surface area (TPSA) is 55.9 Å². The molecule has 1 aliphatic rings. The van der Waals surface area contributed by atoms with E-state index in [0.717, 1.165) is 25.6 Å². The first kappa shape index (κ1) is 7.61. The van der Waals surface area contributed by atoms with Crippen LogP contribution in [0.15, 0.2) is 6.20 Å². The van der Waals surface area contributed by atoms with E-state index < -0.39 is 0 Å². The highest BCUT2D eigenvalue weighted by molar-refractivity contribution is 5.31. The van der Waals surface area contributed by atoms with Crippen LogP contribution in [-0.2, 0) is 6.54 Å². The SMILES string of the molecule is Cc1cnc2n1CC(CN)CN2. The summed E-state index contributed by atoms with van der Waals surface area (Å²) in [5.41, 5.74) is 6.81. The number of anilines is 1. The first-order valence-corrected chi connectivity index (χ1v) is 4.27. The standard InChI is InChI=1S/C8H14N4/c1-6-3-10-8-11-4-7(2-9)5-12(6)8/h3,7H,2,4-5,9H2,1H3,(H,10,11). The quantitative estimate of drug-likeness (QED) is 0.626. The third-order valence-electron chi connectivity index (χ3n) is 2.38. The Morgan fingerprint density at radius 3 is 3.42 bits per heavy atom. The van der Waals surface area contributed by atoms with Crippen molar-refractivity contribution < 1.29 is 0 Å². The summed E-state index contributed by atoms with van der Waals surface area (Å²) in [5, 5.41) is 3.26. The summed E-state index contributed by atoms with van der Waals surface area (Å²) >= 11 is 0. The number of rotatable bonds is 1. The number of nitrogens with one attached hydrogen (secondary N) is 1. The Morgan fingerprint density at radius 1 is 1.83 bits per heavy atom. The van der Waals surface area contributed by atoms with Crippen LogP contribution in [0.5, 0.6) is 0 Å². The van der Waals surface area contributed by atoms with Crippen molar-refractivity contribution in [3.05, 3.63) is 11.9 Å². The fraction of sp³-hybridized carbons (Fsp3) is 0.625. The minimum atomic E-state index is 0.547. The monoisotopic (exact) mass is 166 g/mol. The molecule has 0 spiro atoms. The summed E-state index contributed by atoms with van der Waals surface area (Å²) in [6, 6.07) is 0. The molecular formula is C8H14N4. The van der Waals surface area contributed by atoms with Crippen molar-refractivity contribution >= 4 is 5.95 Å². The third-order valence-corrected chi connectivity index (χ3v) is 2.38. The maximum atomic E-state index is 5.61. The highest BCUT2D eigenvalue weighted by atomic mass is 15.2. The van der Waals surface area contributed by atoms with Crippen LogP contribution in [0.3, 0.4) is 0 Å². The van der Waals surface area contributed by atoms with Crippen LogP contribution in [0.2, 0.25) is 0 Å². The highest BCUT2D eigenvalue weighted by Gasteiger charge is 2.18. The van der Waals surface area contributed by atoms with Gasteiger partial charge in [-0.2, -0.15) is 0 Å². The number of nitrogens with zero attached hydrogens (tertiary/aromatic N) is 2. The van der Waals surface area contributed by atoms with E-state index in [0.29, 0.717) is 5.92 Å². The molecule has 12 heavy (non-hydrogen) atoms. The normalized spacial score (nSPS) is 21.7. The molecule has 1 aromatic heterocycles. The Bertz CT molecular complexity index is 279. The first-order valence-electron chi connectivity index (χ1n) is 4.27. The summed E-state index contributed by atoms with van der Waals surface area (Å²) in [6.07, 6.45) is 1.89. The minimum Gasteiger partial charge on any atom is -0.355 e. The Labute approximate surface area is 71.8 Å². The van der Waals surface area contributed by atoms with Crippen LogP contribution in [0, 0.1) is 12.8 Å². The lowest BCUT2D eigenvalue weighted by molar-refractivity contribution is 0.445. The molecule has 1 aliphatic heterocycles. The van der Waals surface area contributed by atoms with Gasteiger partial charge in [-0.05, 0) is 13.5 Å². The number of fused-ring (bicyclic) bond motifs is 1. The molecule has 0 saturated heterocycles. The van der Waals surface area contributed by atoms with Crippen LogP contribution < -0.4 is 11.1 Å². The average Bonchev–Trinajstić information content (AvgIpc) is 2.47. The van der Waals surface area contributed by atoms with Crippen LogP contribution in [-0.4, -0.2) is 22.6 Å². The number of aryl methyl sites for hydroxylation is 1. The predicted octanol–water partition coefficient (Wildman–Crippen LogP) is 0.192. The molecule has 0 saturated carbocycles. The van der Waals surface area contributed by atoms with Gasteiger partial charge in [-0.25, -0.2) is 4.98 Å². The van der Waals surface area contributed by atoms with Crippen LogP contribution >= 0.6 is 0 Å². The number of hydrogen-bond acceptors (Lipinski definition) is 3. The molecule has 0 aromatic carbocycles. The number of nitrogens with two attached hydrogens (primary N) is 1. The molecule has 4 heteroatoms. The van der Waals surface area contributed by atoms with Gasteiger partial charge < -0.3 is 15.6 Å². The molecule has 1 unspecified atom stereocenters. The molecule has 0 bridgehead atoms. The fourth-order valence-electron chi connectivity index (χ4n) is 1.55.